The maximum Gasteiger partial charge on any atom is 0.304 e. The Morgan fingerprint density at radius 1 is 0.941 bits per heavy atom. The van der Waals surface area contributed by atoms with E-state index in [1.165, 1.54) is 19.0 Å². The van der Waals surface area contributed by atoms with Crippen molar-refractivity contribution < 1.29 is 18.0 Å². The topological polar surface area (TPSA) is 90.0 Å². The quantitative estimate of drug-likeness (QED) is 0.469. The molecule has 0 aliphatic heterocycles. The summed E-state index contributed by atoms with van der Waals surface area (Å²) in [6.45, 7) is 4.22. The fourth-order valence-electron chi connectivity index (χ4n) is 3.57. The molecule has 0 spiro atoms. The van der Waals surface area contributed by atoms with Crippen LogP contribution >= 0.6 is 0 Å². The number of hydrogen-bond donors (Lipinski definition) is 1. The van der Waals surface area contributed by atoms with Gasteiger partial charge in [-0.15, -0.1) is 0 Å². The zero-order valence-corrected chi connectivity index (χ0v) is 21.3. The van der Waals surface area contributed by atoms with Gasteiger partial charge in [0.25, 0.3) is 0 Å². The molecule has 0 aromatic heterocycles. The SMILES string of the molecule is CCCNC(=O)[C@@H](CC)N(CCc1ccccc1)C(=O)CN(c1ccccc1)S(=O)(=O)N(C)C. The Bertz CT molecular complexity index is 1010. The van der Waals surface area contributed by atoms with Gasteiger partial charge in [-0.05, 0) is 37.0 Å². The molecule has 2 rings (SSSR count). The van der Waals surface area contributed by atoms with Crippen molar-refractivity contribution in [1.29, 1.82) is 0 Å². The lowest BCUT2D eigenvalue weighted by molar-refractivity contribution is -0.139. The van der Waals surface area contributed by atoms with Crippen molar-refractivity contribution in [2.24, 2.45) is 0 Å². The van der Waals surface area contributed by atoms with Gasteiger partial charge in [0.1, 0.15) is 12.6 Å². The van der Waals surface area contributed by atoms with Gasteiger partial charge in [0, 0.05) is 27.2 Å². The molecule has 8 nitrogen and oxygen atoms in total. The van der Waals surface area contributed by atoms with Gasteiger partial charge >= 0.3 is 10.2 Å². The molecule has 0 fully saturated rings. The van der Waals surface area contributed by atoms with Crippen LogP contribution in [0.15, 0.2) is 60.7 Å². The largest absolute Gasteiger partial charge is 0.354 e. The van der Waals surface area contributed by atoms with Crippen LogP contribution < -0.4 is 9.62 Å². The molecule has 34 heavy (non-hydrogen) atoms. The summed E-state index contributed by atoms with van der Waals surface area (Å²) >= 11 is 0. The average Bonchev–Trinajstić information content (AvgIpc) is 2.84. The van der Waals surface area contributed by atoms with Gasteiger partial charge in [-0.2, -0.15) is 12.7 Å². The molecule has 0 saturated heterocycles. The zero-order chi connectivity index (χ0) is 25.1. The minimum absolute atomic E-state index is 0.229. The number of carbonyl (C=O) groups is 2. The van der Waals surface area contributed by atoms with Crippen LogP contribution in [-0.2, 0) is 26.2 Å². The van der Waals surface area contributed by atoms with Crippen LogP contribution in [-0.4, -0.2) is 69.2 Å². The third kappa shape index (κ3) is 7.30. The van der Waals surface area contributed by atoms with Crippen molar-refractivity contribution in [3.05, 3.63) is 66.2 Å². The average molecular weight is 489 g/mol. The van der Waals surface area contributed by atoms with Crippen molar-refractivity contribution in [3.63, 3.8) is 0 Å². The minimum Gasteiger partial charge on any atom is -0.354 e. The van der Waals surface area contributed by atoms with Crippen LogP contribution in [0.4, 0.5) is 5.69 Å². The van der Waals surface area contributed by atoms with Crippen LogP contribution in [0.25, 0.3) is 0 Å². The molecule has 2 aromatic carbocycles. The standard InChI is InChI=1S/C25H36N4O4S/c1-5-18-26-25(31)23(6-2)28(19-17-21-13-9-7-10-14-21)24(30)20-29(34(32,33)27(3)4)22-15-11-8-12-16-22/h7-16,23H,5-6,17-20H2,1-4H3,(H,26,31)/t23-/m1/s1. The summed E-state index contributed by atoms with van der Waals surface area (Å²) in [4.78, 5) is 28.0. The first kappa shape index (κ1) is 27.3. The summed E-state index contributed by atoms with van der Waals surface area (Å²) in [5.74, 6) is -0.656. The van der Waals surface area contributed by atoms with E-state index in [-0.39, 0.29) is 5.91 Å². The maximum atomic E-state index is 13.6. The van der Waals surface area contributed by atoms with E-state index in [0.29, 0.717) is 31.6 Å². The second-order valence-corrected chi connectivity index (χ2v) is 10.2. The molecular formula is C25H36N4O4S. The van der Waals surface area contributed by atoms with E-state index in [1.54, 1.807) is 30.3 Å². The van der Waals surface area contributed by atoms with E-state index in [2.05, 4.69) is 5.32 Å². The second-order valence-electron chi connectivity index (χ2n) is 8.17. The number of rotatable bonds is 13. The lowest BCUT2D eigenvalue weighted by Gasteiger charge is -2.33. The number of nitrogens with zero attached hydrogens (tertiary/aromatic N) is 3. The van der Waals surface area contributed by atoms with Gasteiger partial charge < -0.3 is 10.2 Å². The van der Waals surface area contributed by atoms with Crippen LogP contribution in [0, 0.1) is 0 Å². The first-order valence-electron chi connectivity index (χ1n) is 11.6. The Balaban J connectivity index is 2.37. The molecule has 9 heteroatoms. The Kier molecular flexibility index (Phi) is 10.5. The number of para-hydroxylation sites is 1. The van der Waals surface area contributed by atoms with E-state index in [4.69, 9.17) is 0 Å². The summed E-state index contributed by atoms with van der Waals surface area (Å²) < 4.78 is 28.3. The lowest BCUT2D eigenvalue weighted by Crippen LogP contribution is -2.54. The van der Waals surface area contributed by atoms with Crippen LogP contribution in [0.2, 0.25) is 0 Å². The van der Waals surface area contributed by atoms with Crippen molar-refractivity contribution >= 4 is 27.7 Å². The molecule has 0 aliphatic carbocycles. The van der Waals surface area contributed by atoms with Gasteiger partial charge in [-0.1, -0.05) is 62.4 Å². The first-order valence-corrected chi connectivity index (χ1v) is 13.0. The molecule has 2 aromatic rings. The molecule has 0 heterocycles. The Morgan fingerprint density at radius 2 is 1.53 bits per heavy atom. The molecule has 0 bridgehead atoms. The smallest absolute Gasteiger partial charge is 0.304 e. The van der Waals surface area contributed by atoms with Crippen LogP contribution in [0.5, 0.6) is 0 Å². The van der Waals surface area contributed by atoms with Crippen molar-refractivity contribution in [1.82, 2.24) is 14.5 Å². The molecule has 0 unspecified atom stereocenters. The summed E-state index contributed by atoms with van der Waals surface area (Å²) in [5.41, 5.74) is 1.42. The van der Waals surface area contributed by atoms with Gasteiger partial charge in [0.15, 0.2) is 0 Å². The van der Waals surface area contributed by atoms with Gasteiger partial charge in [-0.25, -0.2) is 4.31 Å². The fourth-order valence-corrected chi connectivity index (χ4v) is 4.63. The summed E-state index contributed by atoms with van der Waals surface area (Å²) in [7, 11) is -1.08. The number of nitrogens with one attached hydrogen (secondary N) is 1. The Hall–Kier alpha value is -2.91. The van der Waals surface area contributed by atoms with E-state index in [0.717, 1.165) is 20.6 Å². The third-order valence-electron chi connectivity index (χ3n) is 5.48. The van der Waals surface area contributed by atoms with Crippen molar-refractivity contribution in [2.75, 3.05) is 38.0 Å². The second kappa shape index (κ2) is 13.1. The molecule has 0 aliphatic rings. The Labute approximate surface area is 203 Å². The highest BCUT2D eigenvalue weighted by molar-refractivity contribution is 7.90. The summed E-state index contributed by atoms with van der Waals surface area (Å²) in [5, 5.41) is 2.88. The van der Waals surface area contributed by atoms with Gasteiger partial charge in [-0.3, -0.25) is 9.59 Å². The Morgan fingerprint density at radius 3 is 2.06 bits per heavy atom. The minimum atomic E-state index is -3.94. The first-order chi connectivity index (χ1) is 16.2. The molecule has 1 N–H and O–H groups in total. The highest BCUT2D eigenvalue weighted by Crippen LogP contribution is 2.20. The molecular weight excluding hydrogens is 452 g/mol. The van der Waals surface area contributed by atoms with E-state index in [1.807, 2.05) is 44.2 Å². The number of hydrogen-bond acceptors (Lipinski definition) is 4. The molecule has 1 atom stereocenters. The van der Waals surface area contributed by atoms with Crippen LogP contribution in [0.1, 0.15) is 32.3 Å². The number of carbonyl (C=O) groups excluding carboxylic acids is 2. The van der Waals surface area contributed by atoms with Crippen LogP contribution in [0.3, 0.4) is 0 Å². The number of amides is 2. The molecule has 0 radical (unpaired) electrons. The normalized spacial score (nSPS) is 12.3. The van der Waals surface area contributed by atoms with Crippen molar-refractivity contribution in [2.45, 2.75) is 39.2 Å². The van der Waals surface area contributed by atoms with Gasteiger partial charge in [0.05, 0.1) is 5.69 Å². The number of anilines is 1. The fraction of sp³-hybridized carbons (Fsp3) is 0.440. The summed E-state index contributed by atoms with van der Waals surface area (Å²) in [6, 6.07) is 17.5. The van der Waals surface area contributed by atoms with Crippen molar-refractivity contribution in [3.8, 4) is 0 Å². The predicted octanol–water partition coefficient (Wildman–Crippen LogP) is 2.68. The number of benzene rings is 2. The zero-order valence-electron chi connectivity index (χ0n) is 20.5. The van der Waals surface area contributed by atoms with Gasteiger partial charge in [0.2, 0.25) is 11.8 Å². The third-order valence-corrected chi connectivity index (χ3v) is 7.30. The molecule has 2 amide bonds. The summed E-state index contributed by atoms with van der Waals surface area (Å²) in [6.07, 6.45) is 1.75. The van der Waals surface area contributed by atoms with E-state index < -0.39 is 28.7 Å². The van der Waals surface area contributed by atoms with E-state index >= 15 is 0 Å². The monoisotopic (exact) mass is 488 g/mol. The lowest BCUT2D eigenvalue weighted by atomic mass is 10.1. The predicted molar refractivity (Wildman–Crippen MR) is 136 cm³/mol. The maximum absolute atomic E-state index is 13.6. The highest BCUT2D eigenvalue weighted by atomic mass is 32.2. The molecule has 186 valence electrons. The molecule has 0 saturated carbocycles. The highest BCUT2D eigenvalue weighted by Gasteiger charge is 2.33. The van der Waals surface area contributed by atoms with E-state index in [9.17, 15) is 18.0 Å².